The van der Waals surface area contributed by atoms with Crippen LogP contribution in [0.1, 0.15) is 54.2 Å². The van der Waals surface area contributed by atoms with Gasteiger partial charge in [0.1, 0.15) is 0 Å². The van der Waals surface area contributed by atoms with E-state index in [1.165, 1.54) is 44.8 Å². The Bertz CT molecular complexity index is 703. The van der Waals surface area contributed by atoms with Crippen LogP contribution in [0.2, 0.25) is 0 Å². The number of para-hydroxylation sites is 1. The summed E-state index contributed by atoms with van der Waals surface area (Å²) in [5, 5.41) is 0. The molecule has 1 heteroatoms. The molecule has 0 aliphatic carbocycles. The molecule has 1 nitrogen and oxygen atoms in total. The molecule has 0 spiro atoms. The Morgan fingerprint density at radius 3 is 1.61 bits per heavy atom. The van der Waals surface area contributed by atoms with Crippen LogP contribution in [0.4, 0.5) is 11.4 Å². The summed E-state index contributed by atoms with van der Waals surface area (Å²) in [5.41, 5.74) is 11.2. The first kappa shape index (κ1) is 17.6. The van der Waals surface area contributed by atoms with E-state index in [-0.39, 0.29) is 5.41 Å². The summed E-state index contributed by atoms with van der Waals surface area (Å²) in [4.78, 5) is 2.38. The summed E-state index contributed by atoms with van der Waals surface area (Å²) in [6, 6.07) is 8.78. The first-order valence-corrected chi connectivity index (χ1v) is 8.47. The van der Waals surface area contributed by atoms with Gasteiger partial charge in [0.15, 0.2) is 0 Å². The molecular formula is C22H31N. The molecule has 0 radical (unpaired) electrons. The van der Waals surface area contributed by atoms with E-state index >= 15 is 0 Å². The van der Waals surface area contributed by atoms with Crippen molar-refractivity contribution in [2.24, 2.45) is 0 Å². The van der Waals surface area contributed by atoms with Crippen LogP contribution in [0.5, 0.6) is 0 Å². The minimum absolute atomic E-state index is 0.126. The summed E-state index contributed by atoms with van der Waals surface area (Å²) in [5.74, 6) is 0. The zero-order chi connectivity index (χ0) is 17.5. The molecule has 0 aliphatic rings. The molecule has 124 valence electrons. The third-order valence-electron chi connectivity index (χ3n) is 5.37. The lowest BCUT2D eigenvalue weighted by Gasteiger charge is -2.32. The van der Waals surface area contributed by atoms with Crippen molar-refractivity contribution < 1.29 is 0 Å². The fraction of sp³-hybridized carbons (Fsp3) is 0.455. The van der Waals surface area contributed by atoms with Gasteiger partial charge in [0.2, 0.25) is 0 Å². The highest BCUT2D eigenvalue weighted by Gasteiger charge is 2.22. The number of anilines is 2. The number of hydrogen-bond donors (Lipinski definition) is 0. The fourth-order valence-corrected chi connectivity index (χ4v) is 3.50. The van der Waals surface area contributed by atoms with Crippen LogP contribution < -0.4 is 4.90 Å². The highest BCUT2D eigenvalue weighted by atomic mass is 15.1. The van der Waals surface area contributed by atoms with Crippen molar-refractivity contribution >= 4 is 11.4 Å². The molecule has 0 aromatic heterocycles. The van der Waals surface area contributed by atoms with Crippen LogP contribution in [-0.4, -0.2) is 7.05 Å². The average Bonchev–Trinajstić information content (AvgIpc) is 2.50. The average molecular weight is 309 g/mol. The minimum Gasteiger partial charge on any atom is -0.344 e. The lowest BCUT2D eigenvalue weighted by molar-refractivity contribution is 0.590. The molecule has 0 atom stereocenters. The van der Waals surface area contributed by atoms with E-state index in [9.17, 15) is 0 Å². The molecule has 0 bridgehead atoms. The number of hydrogen-bond acceptors (Lipinski definition) is 1. The van der Waals surface area contributed by atoms with Gasteiger partial charge in [-0.05, 0) is 79.5 Å². The molecule has 0 saturated heterocycles. The van der Waals surface area contributed by atoms with Gasteiger partial charge in [-0.1, -0.05) is 39.0 Å². The maximum Gasteiger partial charge on any atom is 0.0473 e. The van der Waals surface area contributed by atoms with Crippen molar-refractivity contribution in [3.05, 3.63) is 57.6 Å². The predicted molar refractivity (Wildman–Crippen MR) is 103 cm³/mol. The molecule has 0 N–H and O–H groups in total. The Morgan fingerprint density at radius 2 is 1.13 bits per heavy atom. The topological polar surface area (TPSA) is 3.24 Å². The third-order valence-corrected chi connectivity index (χ3v) is 5.37. The molecule has 0 amide bonds. The largest absolute Gasteiger partial charge is 0.344 e. The van der Waals surface area contributed by atoms with E-state index in [0.29, 0.717) is 0 Å². The predicted octanol–water partition coefficient (Wildman–Crippen LogP) is 6.29. The summed E-state index contributed by atoms with van der Waals surface area (Å²) in [7, 11) is 2.20. The molecule has 0 aliphatic heterocycles. The summed E-state index contributed by atoms with van der Waals surface area (Å²) in [6.07, 6.45) is 0. The van der Waals surface area contributed by atoms with Crippen molar-refractivity contribution in [2.75, 3.05) is 11.9 Å². The Kier molecular flexibility index (Phi) is 4.61. The van der Waals surface area contributed by atoms with Crippen molar-refractivity contribution in [1.82, 2.24) is 0 Å². The van der Waals surface area contributed by atoms with Gasteiger partial charge in [-0.15, -0.1) is 0 Å². The Labute approximate surface area is 142 Å². The molecule has 2 aromatic carbocycles. The number of benzene rings is 2. The Balaban J connectivity index is 2.71. The van der Waals surface area contributed by atoms with Crippen LogP contribution in [0, 0.1) is 34.6 Å². The zero-order valence-electron chi connectivity index (χ0n) is 16.3. The zero-order valence-corrected chi connectivity index (χ0v) is 16.3. The van der Waals surface area contributed by atoms with Gasteiger partial charge in [-0.25, -0.2) is 0 Å². The van der Waals surface area contributed by atoms with Crippen molar-refractivity contribution in [3.63, 3.8) is 0 Å². The quantitative estimate of drug-likeness (QED) is 0.629. The molecule has 0 unspecified atom stereocenters. The van der Waals surface area contributed by atoms with E-state index in [1.807, 2.05) is 0 Å². The van der Waals surface area contributed by atoms with Crippen molar-refractivity contribution in [2.45, 2.75) is 60.8 Å². The minimum atomic E-state index is 0.126. The van der Waals surface area contributed by atoms with Crippen molar-refractivity contribution in [3.8, 4) is 0 Å². The first-order valence-electron chi connectivity index (χ1n) is 8.47. The highest BCUT2D eigenvalue weighted by molar-refractivity contribution is 5.75. The summed E-state index contributed by atoms with van der Waals surface area (Å²) >= 11 is 0. The van der Waals surface area contributed by atoms with Crippen LogP contribution >= 0.6 is 0 Å². The molecule has 0 fully saturated rings. The molecule has 0 heterocycles. The first-order chi connectivity index (χ1) is 10.6. The highest BCUT2D eigenvalue weighted by Crippen LogP contribution is 2.39. The summed E-state index contributed by atoms with van der Waals surface area (Å²) in [6.45, 7) is 18.1. The second kappa shape index (κ2) is 6.03. The molecule has 2 aromatic rings. The van der Waals surface area contributed by atoms with E-state index < -0.39 is 0 Å². The van der Waals surface area contributed by atoms with Crippen LogP contribution in [0.25, 0.3) is 0 Å². The van der Waals surface area contributed by atoms with Gasteiger partial charge in [-0.3, -0.25) is 0 Å². The van der Waals surface area contributed by atoms with E-state index in [2.05, 4.69) is 91.6 Å². The van der Waals surface area contributed by atoms with Gasteiger partial charge >= 0.3 is 0 Å². The number of rotatable bonds is 2. The Hall–Kier alpha value is -1.76. The van der Waals surface area contributed by atoms with Crippen LogP contribution in [0.3, 0.4) is 0 Å². The maximum atomic E-state index is 2.38. The second-order valence-corrected chi connectivity index (χ2v) is 7.80. The summed E-state index contributed by atoms with van der Waals surface area (Å²) < 4.78 is 0. The van der Waals surface area contributed by atoms with Gasteiger partial charge in [-0.2, -0.15) is 0 Å². The van der Waals surface area contributed by atoms with Gasteiger partial charge in [0.25, 0.3) is 0 Å². The van der Waals surface area contributed by atoms with Crippen LogP contribution in [-0.2, 0) is 5.41 Å². The SMILES string of the molecule is Cc1c(C)c(C)c(N(C)c2ccccc2C(C)(C)C)c(C)c1C. The van der Waals surface area contributed by atoms with Gasteiger partial charge in [0.05, 0.1) is 0 Å². The molecule has 23 heavy (non-hydrogen) atoms. The standard InChI is InChI=1S/C22H31N/c1-14-15(2)17(4)21(18(5)16(14)3)23(9)20-13-11-10-12-19(20)22(6,7)8/h10-13H,1-9H3. The lowest BCUT2D eigenvalue weighted by Crippen LogP contribution is -2.21. The van der Waals surface area contributed by atoms with Crippen molar-refractivity contribution in [1.29, 1.82) is 0 Å². The van der Waals surface area contributed by atoms with Crippen LogP contribution in [0.15, 0.2) is 24.3 Å². The number of nitrogens with zero attached hydrogens (tertiary/aromatic N) is 1. The van der Waals surface area contributed by atoms with E-state index in [1.54, 1.807) is 0 Å². The molecular weight excluding hydrogens is 278 g/mol. The lowest BCUT2D eigenvalue weighted by atomic mass is 9.85. The molecule has 2 rings (SSSR count). The van der Waals surface area contributed by atoms with Gasteiger partial charge < -0.3 is 4.90 Å². The van der Waals surface area contributed by atoms with E-state index in [0.717, 1.165) is 0 Å². The maximum absolute atomic E-state index is 2.38. The smallest absolute Gasteiger partial charge is 0.0473 e. The third kappa shape index (κ3) is 3.02. The normalized spacial score (nSPS) is 11.7. The monoisotopic (exact) mass is 309 g/mol. The van der Waals surface area contributed by atoms with E-state index in [4.69, 9.17) is 0 Å². The van der Waals surface area contributed by atoms with Gasteiger partial charge in [0, 0.05) is 18.4 Å². The molecule has 0 saturated carbocycles. The second-order valence-electron chi connectivity index (χ2n) is 7.80. The fourth-order valence-electron chi connectivity index (χ4n) is 3.50. The Morgan fingerprint density at radius 1 is 0.696 bits per heavy atom.